The van der Waals surface area contributed by atoms with Crippen LogP contribution in [-0.2, 0) is 32.7 Å². The second kappa shape index (κ2) is 62.3. The van der Waals surface area contributed by atoms with Crippen LogP contribution in [-0.4, -0.2) is 70.0 Å². The molecule has 0 aromatic heterocycles. The Hall–Kier alpha value is -1.25. The third kappa shape index (κ3) is 65.9. The average molecular weight is 1150 g/mol. The molecule has 80 heavy (non-hydrogen) atoms. The summed E-state index contributed by atoms with van der Waals surface area (Å²) >= 11 is 0. The summed E-state index contributed by atoms with van der Waals surface area (Å²) in [6.45, 7) is 4.32. The summed E-state index contributed by atoms with van der Waals surface area (Å²) in [4.78, 5) is 38.0. The number of unbranched alkanes of at least 4 members (excludes halogenated alkanes) is 51. The van der Waals surface area contributed by atoms with E-state index in [9.17, 15) is 19.0 Å². The number of hydrogen-bond acceptors (Lipinski definition) is 8. The van der Waals surface area contributed by atoms with Gasteiger partial charge in [-0.05, 0) is 38.5 Å². The highest BCUT2D eigenvalue weighted by molar-refractivity contribution is 7.45. The number of likely N-dealkylation sites (N-methyl/N-ethyl adjacent to an activating group) is 1. The first-order valence-electron chi connectivity index (χ1n) is 35.4. The van der Waals surface area contributed by atoms with Gasteiger partial charge in [0.05, 0.1) is 27.7 Å². The minimum absolute atomic E-state index is 0.0268. The van der Waals surface area contributed by atoms with E-state index in [2.05, 4.69) is 26.0 Å². The van der Waals surface area contributed by atoms with Gasteiger partial charge < -0.3 is 27.9 Å². The number of hydrogen-bond donors (Lipinski definition) is 0. The third-order valence-corrected chi connectivity index (χ3v) is 17.2. The van der Waals surface area contributed by atoms with Crippen LogP contribution in [0, 0.1) is 0 Å². The maximum Gasteiger partial charge on any atom is 0.306 e. The number of phosphoric acid groups is 1. The lowest BCUT2D eigenvalue weighted by Crippen LogP contribution is -2.37. The molecule has 0 saturated heterocycles. The van der Waals surface area contributed by atoms with Crippen LogP contribution >= 0.6 is 7.82 Å². The van der Waals surface area contributed by atoms with Crippen molar-refractivity contribution >= 4 is 19.8 Å². The fraction of sp³-hybridized carbons (Fsp3) is 0.943. The number of nitrogens with zero attached hydrogens (tertiary/aromatic N) is 1. The second-order valence-corrected chi connectivity index (χ2v) is 27.0. The highest BCUT2D eigenvalue weighted by Crippen LogP contribution is 2.38. The Labute approximate surface area is 498 Å². The molecule has 0 aromatic carbocycles. The molecule has 0 N–H and O–H groups in total. The quantitative estimate of drug-likeness (QED) is 0.0195. The van der Waals surface area contributed by atoms with Gasteiger partial charge in [0.25, 0.3) is 7.82 Å². The first-order valence-corrected chi connectivity index (χ1v) is 36.9. The Morgan fingerprint density at radius 1 is 0.375 bits per heavy atom. The molecule has 0 aliphatic rings. The van der Waals surface area contributed by atoms with E-state index >= 15 is 0 Å². The standard InChI is InChI=1S/C70H138NO8P/c1-6-8-10-12-14-16-18-20-22-24-26-28-30-31-32-33-34-35-36-37-38-39-41-42-44-46-48-50-52-54-56-58-60-62-69(72)76-66-68(67-78-80(74,75)77-65-64-71(3,4)5)79-70(73)63-61-59-57-55-53-51-49-47-45-43-40-29-27-25-23-21-19-17-15-13-11-9-7-2/h25,27,68H,6-24,26,28-67H2,1-5H3/b27-25-. The van der Waals surface area contributed by atoms with Gasteiger partial charge in [0.2, 0.25) is 0 Å². The largest absolute Gasteiger partial charge is 0.756 e. The summed E-state index contributed by atoms with van der Waals surface area (Å²) in [5, 5.41) is 0. The van der Waals surface area contributed by atoms with E-state index in [-0.39, 0.29) is 32.0 Å². The number of esters is 2. The van der Waals surface area contributed by atoms with Crippen LogP contribution in [0.2, 0.25) is 0 Å². The highest BCUT2D eigenvalue weighted by atomic mass is 31.2. The van der Waals surface area contributed by atoms with Crippen LogP contribution in [0.1, 0.15) is 373 Å². The molecule has 0 aliphatic heterocycles. The van der Waals surface area contributed by atoms with Gasteiger partial charge in [0.1, 0.15) is 19.8 Å². The molecule has 0 saturated carbocycles. The maximum absolute atomic E-state index is 12.8. The summed E-state index contributed by atoms with van der Waals surface area (Å²) in [5.41, 5.74) is 0. The Bertz CT molecular complexity index is 1350. The van der Waals surface area contributed by atoms with Crippen molar-refractivity contribution in [2.45, 2.75) is 380 Å². The van der Waals surface area contributed by atoms with E-state index in [0.29, 0.717) is 17.4 Å². The first kappa shape index (κ1) is 78.8. The molecule has 0 amide bonds. The molecular formula is C70H138NO8P. The molecule has 2 unspecified atom stereocenters. The number of quaternary nitrogens is 1. The predicted octanol–water partition coefficient (Wildman–Crippen LogP) is 22.1. The van der Waals surface area contributed by atoms with Crippen molar-refractivity contribution in [1.82, 2.24) is 0 Å². The summed E-state index contributed by atoms with van der Waals surface area (Å²) in [6, 6.07) is 0. The molecule has 0 rings (SSSR count). The van der Waals surface area contributed by atoms with E-state index in [4.69, 9.17) is 18.5 Å². The lowest BCUT2D eigenvalue weighted by Gasteiger charge is -2.28. The Morgan fingerprint density at radius 2 is 0.637 bits per heavy atom. The monoisotopic (exact) mass is 1150 g/mol. The third-order valence-electron chi connectivity index (χ3n) is 16.3. The predicted molar refractivity (Wildman–Crippen MR) is 342 cm³/mol. The van der Waals surface area contributed by atoms with Crippen molar-refractivity contribution in [3.8, 4) is 0 Å². The zero-order chi connectivity index (χ0) is 58.4. The lowest BCUT2D eigenvalue weighted by molar-refractivity contribution is -0.870. The first-order chi connectivity index (χ1) is 39.0. The van der Waals surface area contributed by atoms with E-state index in [1.165, 1.54) is 302 Å². The minimum Gasteiger partial charge on any atom is -0.756 e. The number of ether oxygens (including phenoxy) is 2. The van der Waals surface area contributed by atoms with Crippen LogP contribution in [0.4, 0.5) is 0 Å². The zero-order valence-corrected chi connectivity index (χ0v) is 55.2. The second-order valence-electron chi connectivity index (χ2n) is 25.6. The average Bonchev–Trinajstić information content (AvgIpc) is 3.42. The van der Waals surface area contributed by atoms with Gasteiger partial charge in [0, 0.05) is 12.8 Å². The van der Waals surface area contributed by atoms with Crippen molar-refractivity contribution < 1.29 is 42.1 Å². The number of phosphoric ester groups is 1. The van der Waals surface area contributed by atoms with Crippen LogP contribution in [0.25, 0.3) is 0 Å². The zero-order valence-electron chi connectivity index (χ0n) is 54.3. The Morgan fingerprint density at radius 3 is 0.925 bits per heavy atom. The van der Waals surface area contributed by atoms with Crippen molar-refractivity contribution in [3.05, 3.63) is 12.2 Å². The van der Waals surface area contributed by atoms with Crippen molar-refractivity contribution in [2.75, 3.05) is 47.5 Å². The van der Waals surface area contributed by atoms with Crippen molar-refractivity contribution in [3.63, 3.8) is 0 Å². The molecule has 476 valence electrons. The molecule has 9 nitrogen and oxygen atoms in total. The van der Waals surface area contributed by atoms with Crippen LogP contribution in [0.15, 0.2) is 12.2 Å². The fourth-order valence-corrected chi connectivity index (χ4v) is 11.6. The molecule has 10 heteroatoms. The smallest absolute Gasteiger partial charge is 0.306 e. The molecule has 0 spiro atoms. The summed E-state index contributed by atoms with van der Waals surface area (Å²) < 4.78 is 34.3. The molecular weight excluding hydrogens is 1010 g/mol. The van der Waals surface area contributed by atoms with Crippen LogP contribution in [0.5, 0.6) is 0 Å². The summed E-state index contributed by atoms with van der Waals surface area (Å²) in [6.07, 6.45) is 75.9. The molecule has 0 bridgehead atoms. The van der Waals surface area contributed by atoms with E-state index in [0.717, 1.165) is 38.5 Å². The van der Waals surface area contributed by atoms with Gasteiger partial charge in [-0.15, -0.1) is 0 Å². The van der Waals surface area contributed by atoms with Gasteiger partial charge in [0.15, 0.2) is 6.10 Å². The fourth-order valence-electron chi connectivity index (χ4n) is 10.8. The number of rotatable bonds is 67. The van der Waals surface area contributed by atoms with E-state index in [1.807, 2.05) is 21.1 Å². The van der Waals surface area contributed by atoms with Gasteiger partial charge in [-0.25, -0.2) is 0 Å². The van der Waals surface area contributed by atoms with E-state index in [1.54, 1.807) is 0 Å². The minimum atomic E-state index is -4.64. The SMILES string of the molecule is CCCCCCCCCC/C=C\CCCCCCCCCCCCCC(=O)OC(COC(=O)CCCCCCCCCCCCCCCCCCCCCCCCCCCCCCCCCCC)COP(=O)([O-])OCC[N+](C)(C)C. The van der Waals surface area contributed by atoms with Crippen LogP contribution < -0.4 is 4.89 Å². The normalized spacial score (nSPS) is 13.1. The van der Waals surface area contributed by atoms with E-state index < -0.39 is 26.5 Å². The number of allylic oxidation sites excluding steroid dienone is 2. The maximum atomic E-state index is 12.8. The summed E-state index contributed by atoms with van der Waals surface area (Å²) in [5.74, 6) is -0.810. The Kier molecular flexibility index (Phi) is 61.3. The summed E-state index contributed by atoms with van der Waals surface area (Å²) in [7, 11) is 1.19. The lowest BCUT2D eigenvalue weighted by atomic mass is 10.0. The van der Waals surface area contributed by atoms with Gasteiger partial charge in [-0.2, -0.15) is 0 Å². The molecule has 0 radical (unpaired) electrons. The Balaban J connectivity index is 3.95. The van der Waals surface area contributed by atoms with Gasteiger partial charge in [-0.1, -0.05) is 334 Å². The molecule has 0 aliphatic carbocycles. The van der Waals surface area contributed by atoms with Gasteiger partial charge >= 0.3 is 11.9 Å². The molecule has 0 heterocycles. The van der Waals surface area contributed by atoms with Crippen molar-refractivity contribution in [2.24, 2.45) is 0 Å². The molecule has 0 aromatic rings. The number of carbonyl (C=O) groups excluding carboxylic acids is 2. The van der Waals surface area contributed by atoms with Crippen molar-refractivity contribution in [1.29, 1.82) is 0 Å². The molecule has 0 fully saturated rings. The topological polar surface area (TPSA) is 111 Å². The highest BCUT2D eigenvalue weighted by Gasteiger charge is 2.22. The van der Waals surface area contributed by atoms with Crippen LogP contribution in [0.3, 0.4) is 0 Å². The molecule has 2 atom stereocenters. The number of carbonyl (C=O) groups is 2. The van der Waals surface area contributed by atoms with Gasteiger partial charge in [-0.3, -0.25) is 14.2 Å².